The van der Waals surface area contributed by atoms with Crippen molar-refractivity contribution in [2.45, 2.75) is 276 Å². The van der Waals surface area contributed by atoms with Crippen molar-refractivity contribution in [1.82, 2.24) is 5.32 Å². The van der Waals surface area contributed by atoms with Crippen LogP contribution in [0.4, 0.5) is 0 Å². The molecule has 59 heavy (non-hydrogen) atoms. The molecule has 0 bridgehead atoms. The summed E-state index contributed by atoms with van der Waals surface area (Å²) in [6, 6.07) is -0.646. The van der Waals surface area contributed by atoms with Crippen LogP contribution in [-0.2, 0) is 14.3 Å². The van der Waals surface area contributed by atoms with Gasteiger partial charge < -0.3 is 20.3 Å². The summed E-state index contributed by atoms with van der Waals surface area (Å²) in [6.45, 7) is 4.83. The van der Waals surface area contributed by atoms with Crippen LogP contribution >= 0.6 is 0 Å². The summed E-state index contributed by atoms with van der Waals surface area (Å²) < 4.78 is 5.47. The molecule has 0 heterocycles. The summed E-state index contributed by atoms with van der Waals surface area (Å²) in [5.41, 5.74) is 0. The summed E-state index contributed by atoms with van der Waals surface area (Å²) in [5.74, 6) is -0.116. The third kappa shape index (κ3) is 45.4. The van der Waals surface area contributed by atoms with E-state index in [4.69, 9.17) is 4.74 Å². The Morgan fingerprint density at radius 2 is 0.797 bits per heavy atom. The lowest BCUT2D eigenvalue weighted by atomic mass is 10.1. The second kappa shape index (κ2) is 48.7. The SMILES string of the molecule is CCCCCCCC/C=C\CCCCCCCCCCCC(=O)OCCCCCCCC/C=C\CCCCCC(=O)NC(CO)C(O)/C=C/CCCCCCCCCC. The predicted octanol–water partition coefficient (Wildman–Crippen LogP) is 15.3. The zero-order valence-corrected chi connectivity index (χ0v) is 39.2. The Morgan fingerprint density at radius 1 is 0.458 bits per heavy atom. The maximum atomic E-state index is 12.4. The van der Waals surface area contributed by atoms with Gasteiger partial charge in [-0.2, -0.15) is 0 Å². The minimum Gasteiger partial charge on any atom is -0.466 e. The van der Waals surface area contributed by atoms with Gasteiger partial charge in [0.15, 0.2) is 0 Å². The Morgan fingerprint density at radius 3 is 1.22 bits per heavy atom. The molecule has 2 unspecified atom stereocenters. The minimum atomic E-state index is -0.860. The third-order valence-corrected chi connectivity index (χ3v) is 11.6. The van der Waals surface area contributed by atoms with Gasteiger partial charge in [0.1, 0.15) is 0 Å². The van der Waals surface area contributed by atoms with E-state index in [0.717, 1.165) is 70.6 Å². The van der Waals surface area contributed by atoms with Crippen molar-refractivity contribution >= 4 is 11.9 Å². The quantitative estimate of drug-likeness (QED) is 0.0323. The number of nitrogens with one attached hydrogen (secondary N) is 1. The third-order valence-electron chi connectivity index (χ3n) is 11.6. The van der Waals surface area contributed by atoms with E-state index in [1.54, 1.807) is 6.08 Å². The standard InChI is InChI=1S/C53H99NO5/c1-3-5-7-9-11-13-15-16-17-18-19-20-21-24-27-31-35-39-43-47-53(58)59-48-44-40-36-32-28-25-22-23-26-30-34-38-42-46-52(57)54-50(49-55)51(56)45-41-37-33-29-14-12-10-8-6-4-2/h16-17,23,26,41,45,50-51,55-56H,3-15,18-22,24-25,27-40,42-44,46-49H2,1-2H3,(H,54,57)/b17-16-,26-23-,45-41+. The van der Waals surface area contributed by atoms with Crippen LogP contribution in [0.25, 0.3) is 0 Å². The van der Waals surface area contributed by atoms with Crippen molar-refractivity contribution in [2.75, 3.05) is 13.2 Å². The summed E-state index contributed by atoms with van der Waals surface area (Å²) in [7, 11) is 0. The molecule has 0 radical (unpaired) electrons. The monoisotopic (exact) mass is 830 g/mol. The number of unbranched alkanes of at least 4 members (excludes halogenated alkanes) is 32. The molecule has 0 aromatic rings. The van der Waals surface area contributed by atoms with Gasteiger partial charge in [-0.1, -0.05) is 204 Å². The first-order valence-electron chi connectivity index (χ1n) is 25.8. The van der Waals surface area contributed by atoms with Gasteiger partial charge in [-0.05, 0) is 83.5 Å². The minimum absolute atomic E-state index is 0.0154. The highest BCUT2D eigenvalue weighted by Gasteiger charge is 2.18. The Labute approximate surface area is 366 Å². The molecule has 0 aromatic carbocycles. The molecule has 3 N–H and O–H groups in total. The van der Waals surface area contributed by atoms with Crippen LogP contribution in [0, 0.1) is 0 Å². The highest BCUT2D eigenvalue weighted by atomic mass is 16.5. The largest absolute Gasteiger partial charge is 0.466 e. The fourth-order valence-corrected chi connectivity index (χ4v) is 7.62. The summed E-state index contributed by atoms with van der Waals surface area (Å²) in [4.78, 5) is 24.4. The molecule has 6 nitrogen and oxygen atoms in total. The van der Waals surface area contributed by atoms with E-state index in [9.17, 15) is 19.8 Å². The Kier molecular flexibility index (Phi) is 47.2. The number of allylic oxidation sites excluding steroid dienone is 5. The van der Waals surface area contributed by atoms with Crippen LogP contribution in [0.15, 0.2) is 36.5 Å². The van der Waals surface area contributed by atoms with Crippen molar-refractivity contribution in [2.24, 2.45) is 0 Å². The number of amides is 1. The molecule has 6 heteroatoms. The number of carbonyl (C=O) groups is 2. The zero-order chi connectivity index (χ0) is 43.0. The molecule has 346 valence electrons. The molecular formula is C53H99NO5. The predicted molar refractivity (Wildman–Crippen MR) is 255 cm³/mol. The first-order valence-corrected chi connectivity index (χ1v) is 25.8. The number of esters is 1. The van der Waals surface area contributed by atoms with Crippen molar-refractivity contribution in [1.29, 1.82) is 0 Å². The number of rotatable bonds is 47. The smallest absolute Gasteiger partial charge is 0.305 e. The normalized spacial score (nSPS) is 12.9. The van der Waals surface area contributed by atoms with Gasteiger partial charge in [0, 0.05) is 12.8 Å². The fraction of sp³-hybridized carbons (Fsp3) is 0.849. The number of carbonyl (C=O) groups excluding carboxylic acids is 2. The summed E-state index contributed by atoms with van der Waals surface area (Å²) in [5, 5.41) is 22.9. The maximum Gasteiger partial charge on any atom is 0.305 e. The van der Waals surface area contributed by atoms with Crippen LogP contribution < -0.4 is 5.32 Å². The van der Waals surface area contributed by atoms with E-state index in [1.807, 2.05) is 6.08 Å². The molecule has 1 amide bonds. The lowest BCUT2D eigenvalue weighted by molar-refractivity contribution is -0.143. The molecule has 0 rings (SSSR count). The molecule has 0 aliphatic heterocycles. The molecule has 0 aliphatic rings. The van der Waals surface area contributed by atoms with E-state index in [1.165, 1.54) is 167 Å². The second-order valence-electron chi connectivity index (χ2n) is 17.5. The molecule has 0 saturated carbocycles. The average Bonchev–Trinajstić information content (AvgIpc) is 3.24. The molecule has 2 atom stereocenters. The van der Waals surface area contributed by atoms with Crippen LogP contribution in [0.1, 0.15) is 264 Å². The van der Waals surface area contributed by atoms with Crippen LogP contribution in [0.3, 0.4) is 0 Å². The second-order valence-corrected chi connectivity index (χ2v) is 17.5. The highest BCUT2D eigenvalue weighted by Crippen LogP contribution is 2.14. The molecular weight excluding hydrogens is 731 g/mol. The van der Waals surface area contributed by atoms with E-state index in [2.05, 4.69) is 43.5 Å². The van der Waals surface area contributed by atoms with Gasteiger partial charge in [-0.3, -0.25) is 9.59 Å². The number of hydrogen-bond donors (Lipinski definition) is 3. The fourth-order valence-electron chi connectivity index (χ4n) is 7.62. The number of aliphatic hydroxyl groups is 2. The van der Waals surface area contributed by atoms with Crippen molar-refractivity contribution in [3.63, 3.8) is 0 Å². The van der Waals surface area contributed by atoms with Gasteiger partial charge in [0.25, 0.3) is 0 Å². The Hall–Kier alpha value is -1.92. The van der Waals surface area contributed by atoms with Crippen LogP contribution in [0.2, 0.25) is 0 Å². The van der Waals surface area contributed by atoms with Crippen molar-refractivity contribution in [3.05, 3.63) is 36.5 Å². The average molecular weight is 830 g/mol. The van der Waals surface area contributed by atoms with Gasteiger partial charge in [0.05, 0.1) is 25.4 Å². The highest BCUT2D eigenvalue weighted by molar-refractivity contribution is 5.76. The Balaban J connectivity index is 3.48. The first kappa shape index (κ1) is 57.1. The molecule has 0 aromatic heterocycles. The summed E-state index contributed by atoms with van der Waals surface area (Å²) >= 11 is 0. The van der Waals surface area contributed by atoms with Gasteiger partial charge >= 0.3 is 5.97 Å². The van der Waals surface area contributed by atoms with Gasteiger partial charge in [-0.15, -0.1) is 0 Å². The Bertz CT molecular complexity index is 962. The van der Waals surface area contributed by atoms with Crippen molar-refractivity contribution in [3.8, 4) is 0 Å². The van der Waals surface area contributed by atoms with Crippen LogP contribution in [-0.4, -0.2) is 47.4 Å². The van der Waals surface area contributed by atoms with Crippen molar-refractivity contribution < 1.29 is 24.5 Å². The van der Waals surface area contributed by atoms with E-state index >= 15 is 0 Å². The van der Waals surface area contributed by atoms with Gasteiger partial charge in [-0.25, -0.2) is 0 Å². The molecule has 0 saturated heterocycles. The topological polar surface area (TPSA) is 95.9 Å². The van der Waals surface area contributed by atoms with Crippen LogP contribution in [0.5, 0.6) is 0 Å². The number of ether oxygens (including phenoxy) is 1. The molecule has 0 aliphatic carbocycles. The lowest BCUT2D eigenvalue weighted by Gasteiger charge is -2.19. The number of hydrogen-bond acceptors (Lipinski definition) is 5. The molecule has 0 spiro atoms. The van der Waals surface area contributed by atoms with E-state index in [0.29, 0.717) is 19.4 Å². The zero-order valence-electron chi connectivity index (χ0n) is 39.2. The summed E-state index contributed by atoms with van der Waals surface area (Å²) in [6.07, 6.45) is 58.7. The van der Waals surface area contributed by atoms with Gasteiger partial charge in [0.2, 0.25) is 5.91 Å². The number of aliphatic hydroxyl groups excluding tert-OH is 2. The first-order chi connectivity index (χ1) is 29.0. The molecule has 0 fully saturated rings. The van der Waals surface area contributed by atoms with E-state index in [-0.39, 0.29) is 18.5 Å². The van der Waals surface area contributed by atoms with E-state index < -0.39 is 12.1 Å². The lowest BCUT2D eigenvalue weighted by Crippen LogP contribution is -2.45. The maximum absolute atomic E-state index is 12.4.